The highest BCUT2D eigenvalue weighted by Crippen LogP contribution is 2.43. The smallest absolute Gasteiger partial charge is 0.163 e. The standard InChI is InChI=1S/C26H37N3O2/c1-26(2)11-6-13-29(26)14-7-15-31-23-17-21-20(16-22(23)30-3)25-19(10-12-27-25)24(28-21)18-8-4-5-9-18/h16-18,27H,4-15H2,1-3H3. The molecule has 0 unspecified atom stereocenters. The Morgan fingerprint density at radius 1 is 1.16 bits per heavy atom. The fraction of sp³-hybridized carbons (Fsp3) is 0.654. The summed E-state index contributed by atoms with van der Waals surface area (Å²) in [6.45, 7) is 8.71. The molecule has 0 radical (unpaired) electrons. The van der Waals surface area contributed by atoms with Crippen LogP contribution in [0.25, 0.3) is 10.9 Å². The van der Waals surface area contributed by atoms with Crippen molar-refractivity contribution in [3.05, 3.63) is 23.4 Å². The first kappa shape index (κ1) is 20.9. The van der Waals surface area contributed by atoms with Crippen molar-refractivity contribution in [3.8, 4) is 11.5 Å². The summed E-state index contributed by atoms with van der Waals surface area (Å²) in [4.78, 5) is 7.79. The Kier molecular flexibility index (Phi) is 5.72. The van der Waals surface area contributed by atoms with Gasteiger partial charge in [-0.05, 0) is 70.5 Å². The van der Waals surface area contributed by atoms with Crippen molar-refractivity contribution in [2.75, 3.05) is 38.7 Å². The molecule has 2 aromatic rings. The van der Waals surface area contributed by atoms with Crippen molar-refractivity contribution in [1.29, 1.82) is 0 Å². The minimum Gasteiger partial charge on any atom is -0.493 e. The molecule has 168 valence electrons. The van der Waals surface area contributed by atoms with Crippen molar-refractivity contribution in [1.82, 2.24) is 9.88 Å². The van der Waals surface area contributed by atoms with E-state index in [0.717, 1.165) is 48.3 Å². The predicted octanol–water partition coefficient (Wildman–Crippen LogP) is 5.51. The summed E-state index contributed by atoms with van der Waals surface area (Å²) in [6.07, 6.45) is 9.91. The number of fused-ring (bicyclic) bond motifs is 3. The number of aromatic nitrogens is 1. The molecule has 0 atom stereocenters. The SMILES string of the molecule is COc1cc2c3c(c(C4CCCC4)nc2cc1OCCCN1CCCC1(C)C)CCN3. The third-order valence-corrected chi connectivity index (χ3v) is 7.72. The van der Waals surface area contributed by atoms with Gasteiger partial charge in [0.05, 0.1) is 19.2 Å². The van der Waals surface area contributed by atoms with Crippen LogP contribution in [-0.4, -0.2) is 48.8 Å². The third kappa shape index (κ3) is 3.97. The Labute approximate surface area is 186 Å². The Hall–Kier alpha value is -2.01. The molecule has 3 aliphatic rings. The molecular weight excluding hydrogens is 386 g/mol. The van der Waals surface area contributed by atoms with E-state index in [-0.39, 0.29) is 0 Å². The van der Waals surface area contributed by atoms with E-state index in [9.17, 15) is 0 Å². The number of likely N-dealkylation sites (tertiary alicyclic amines) is 1. The zero-order chi connectivity index (χ0) is 21.4. The summed E-state index contributed by atoms with van der Waals surface area (Å²) in [5.41, 5.74) is 5.40. The van der Waals surface area contributed by atoms with E-state index in [2.05, 4.69) is 36.2 Å². The Balaban J connectivity index is 1.37. The lowest BCUT2D eigenvalue weighted by atomic mass is 9.95. The van der Waals surface area contributed by atoms with Crippen LogP contribution < -0.4 is 14.8 Å². The first-order valence-electron chi connectivity index (χ1n) is 12.2. The maximum absolute atomic E-state index is 6.24. The lowest BCUT2D eigenvalue weighted by Gasteiger charge is -2.31. The molecule has 1 saturated carbocycles. The molecule has 2 aliphatic heterocycles. The van der Waals surface area contributed by atoms with Gasteiger partial charge in [0.2, 0.25) is 0 Å². The first-order valence-corrected chi connectivity index (χ1v) is 12.2. The normalized spacial score (nSPS) is 20.9. The van der Waals surface area contributed by atoms with Crippen LogP contribution in [0.3, 0.4) is 0 Å². The molecular formula is C26H37N3O2. The number of benzene rings is 1. The van der Waals surface area contributed by atoms with Crippen LogP contribution in [0.1, 0.15) is 76.0 Å². The van der Waals surface area contributed by atoms with Crippen molar-refractivity contribution < 1.29 is 9.47 Å². The van der Waals surface area contributed by atoms with Gasteiger partial charge in [0.25, 0.3) is 0 Å². The zero-order valence-corrected chi connectivity index (χ0v) is 19.4. The lowest BCUT2D eigenvalue weighted by Crippen LogP contribution is -2.39. The van der Waals surface area contributed by atoms with E-state index in [1.54, 1.807) is 7.11 Å². The minimum atomic E-state index is 0.328. The van der Waals surface area contributed by atoms with E-state index in [1.165, 1.54) is 62.0 Å². The minimum absolute atomic E-state index is 0.328. The molecule has 1 saturated heterocycles. The summed E-state index contributed by atoms with van der Waals surface area (Å²) in [7, 11) is 1.73. The van der Waals surface area contributed by atoms with Crippen LogP contribution in [-0.2, 0) is 6.42 Å². The molecule has 3 heterocycles. The average Bonchev–Trinajstić information content (AvgIpc) is 3.51. The van der Waals surface area contributed by atoms with Crippen molar-refractivity contribution in [2.45, 2.75) is 76.7 Å². The molecule has 0 spiro atoms. The van der Waals surface area contributed by atoms with Crippen molar-refractivity contribution >= 4 is 16.6 Å². The molecule has 1 aromatic carbocycles. The van der Waals surface area contributed by atoms with Crippen molar-refractivity contribution in [2.24, 2.45) is 0 Å². The highest BCUT2D eigenvalue weighted by Gasteiger charge is 2.31. The molecule has 5 rings (SSSR count). The number of nitrogens with zero attached hydrogens (tertiary/aromatic N) is 2. The molecule has 1 aliphatic carbocycles. The second kappa shape index (κ2) is 8.50. The van der Waals surface area contributed by atoms with Gasteiger partial charge < -0.3 is 14.8 Å². The largest absolute Gasteiger partial charge is 0.493 e. The zero-order valence-electron chi connectivity index (χ0n) is 19.4. The van der Waals surface area contributed by atoms with Crippen LogP contribution in [0.4, 0.5) is 5.69 Å². The topological polar surface area (TPSA) is 46.6 Å². The van der Waals surface area contributed by atoms with Crippen molar-refractivity contribution in [3.63, 3.8) is 0 Å². The third-order valence-electron chi connectivity index (χ3n) is 7.72. The van der Waals surface area contributed by atoms with E-state index < -0.39 is 0 Å². The average molecular weight is 424 g/mol. The number of hydrogen-bond donors (Lipinski definition) is 1. The Bertz CT molecular complexity index is 950. The first-order chi connectivity index (χ1) is 15.1. The number of anilines is 1. The highest BCUT2D eigenvalue weighted by molar-refractivity contribution is 5.96. The van der Waals surface area contributed by atoms with E-state index in [1.807, 2.05) is 0 Å². The van der Waals surface area contributed by atoms with Crippen LogP contribution in [0, 0.1) is 0 Å². The fourth-order valence-electron chi connectivity index (χ4n) is 5.92. The van der Waals surface area contributed by atoms with Gasteiger partial charge in [-0.3, -0.25) is 9.88 Å². The summed E-state index contributed by atoms with van der Waals surface area (Å²) < 4.78 is 12.0. The highest BCUT2D eigenvalue weighted by atomic mass is 16.5. The fourth-order valence-corrected chi connectivity index (χ4v) is 5.92. The molecule has 2 fully saturated rings. The summed E-state index contributed by atoms with van der Waals surface area (Å²) in [5, 5.41) is 4.79. The number of nitrogens with one attached hydrogen (secondary N) is 1. The lowest BCUT2D eigenvalue weighted by molar-refractivity contribution is 0.160. The van der Waals surface area contributed by atoms with Crippen LogP contribution in [0.2, 0.25) is 0 Å². The summed E-state index contributed by atoms with van der Waals surface area (Å²) >= 11 is 0. The molecule has 1 aromatic heterocycles. The van der Waals surface area contributed by atoms with Crippen LogP contribution in [0.5, 0.6) is 11.5 Å². The second-order valence-corrected chi connectivity index (χ2v) is 10.1. The molecule has 5 heteroatoms. The second-order valence-electron chi connectivity index (χ2n) is 10.1. The maximum atomic E-state index is 6.24. The van der Waals surface area contributed by atoms with Crippen LogP contribution in [0.15, 0.2) is 12.1 Å². The van der Waals surface area contributed by atoms with Gasteiger partial charge in [-0.1, -0.05) is 12.8 Å². The Morgan fingerprint density at radius 2 is 2.00 bits per heavy atom. The summed E-state index contributed by atoms with van der Waals surface area (Å²) in [6, 6.07) is 4.23. The van der Waals surface area contributed by atoms with Gasteiger partial charge >= 0.3 is 0 Å². The van der Waals surface area contributed by atoms with Gasteiger partial charge in [-0.15, -0.1) is 0 Å². The van der Waals surface area contributed by atoms with Gasteiger partial charge in [0, 0.05) is 47.4 Å². The number of pyridine rings is 1. The number of hydrogen-bond acceptors (Lipinski definition) is 5. The number of methoxy groups -OCH3 is 1. The van der Waals surface area contributed by atoms with Gasteiger partial charge in [-0.25, -0.2) is 0 Å². The van der Waals surface area contributed by atoms with E-state index in [4.69, 9.17) is 14.5 Å². The number of ether oxygens (including phenoxy) is 2. The molecule has 5 nitrogen and oxygen atoms in total. The summed E-state index contributed by atoms with van der Waals surface area (Å²) in [5.74, 6) is 2.24. The van der Waals surface area contributed by atoms with E-state index >= 15 is 0 Å². The van der Waals surface area contributed by atoms with Crippen LogP contribution >= 0.6 is 0 Å². The van der Waals surface area contributed by atoms with E-state index in [0.29, 0.717) is 18.1 Å². The molecule has 31 heavy (non-hydrogen) atoms. The maximum Gasteiger partial charge on any atom is 0.163 e. The Morgan fingerprint density at radius 3 is 2.74 bits per heavy atom. The van der Waals surface area contributed by atoms with Gasteiger partial charge in [-0.2, -0.15) is 0 Å². The predicted molar refractivity (Wildman–Crippen MR) is 127 cm³/mol. The number of rotatable bonds is 7. The molecule has 1 N–H and O–H groups in total. The molecule has 0 amide bonds. The van der Waals surface area contributed by atoms with Gasteiger partial charge in [0.1, 0.15) is 0 Å². The monoisotopic (exact) mass is 423 g/mol. The molecule has 0 bridgehead atoms. The quantitative estimate of drug-likeness (QED) is 0.595. The van der Waals surface area contributed by atoms with Gasteiger partial charge in [0.15, 0.2) is 11.5 Å².